The van der Waals surface area contributed by atoms with Crippen LogP contribution in [0.4, 0.5) is 5.69 Å². The highest BCUT2D eigenvalue weighted by Crippen LogP contribution is 2.24. The summed E-state index contributed by atoms with van der Waals surface area (Å²) in [4.78, 5) is 15.6. The molecule has 0 radical (unpaired) electrons. The minimum Gasteiger partial charge on any atom is -0.326 e. The molecule has 0 spiro atoms. The van der Waals surface area contributed by atoms with Crippen molar-refractivity contribution in [2.24, 2.45) is 0 Å². The molecule has 3 rings (SSSR count). The van der Waals surface area contributed by atoms with E-state index >= 15 is 0 Å². The first-order chi connectivity index (χ1) is 10.6. The van der Waals surface area contributed by atoms with Crippen LogP contribution in [-0.4, -0.2) is 10.9 Å². The fraction of sp³-hybridized carbons (Fsp3) is 0.111. The van der Waals surface area contributed by atoms with Gasteiger partial charge in [-0.3, -0.25) is 4.79 Å². The molecule has 1 amide bonds. The van der Waals surface area contributed by atoms with Crippen molar-refractivity contribution >= 4 is 45.3 Å². The highest BCUT2D eigenvalue weighted by Gasteiger charge is 2.01. The van der Waals surface area contributed by atoms with Crippen LogP contribution in [0.2, 0.25) is 0 Å². The molecule has 0 aliphatic rings. The number of thiazole rings is 1. The summed E-state index contributed by atoms with van der Waals surface area (Å²) in [6, 6.07) is 14.0. The second-order valence-electron chi connectivity index (χ2n) is 5.16. The van der Waals surface area contributed by atoms with E-state index in [9.17, 15) is 4.79 Å². The maximum atomic E-state index is 11.0. The second kappa shape index (κ2) is 6.12. The zero-order valence-corrected chi connectivity index (χ0v) is 13.3. The molecule has 110 valence electrons. The van der Waals surface area contributed by atoms with Gasteiger partial charge in [-0.1, -0.05) is 24.3 Å². The molecule has 4 heteroatoms. The summed E-state index contributed by atoms with van der Waals surface area (Å²) in [7, 11) is 0. The molecule has 0 aliphatic carbocycles. The van der Waals surface area contributed by atoms with E-state index in [2.05, 4.69) is 35.4 Å². The summed E-state index contributed by atoms with van der Waals surface area (Å²) in [6.45, 7) is 3.58. The number of aromatic nitrogens is 1. The van der Waals surface area contributed by atoms with E-state index < -0.39 is 0 Å². The van der Waals surface area contributed by atoms with Crippen molar-refractivity contribution in [1.29, 1.82) is 0 Å². The Morgan fingerprint density at radius 2 is 1.91 bits per heavy atom. The van der Waals surface area contributed by atoms with Gasteiger partial charge in [0, 0.05) is 12.6 Å². The Kier molecular flexibility index (Phi) is 4.02. The van der Waals surface area contributed by atoms with Gasteiger partial charge in [0.1, 0.15) is 5.01 Å². The van der Waals surface area contributed by atoms with Gasteiger partial charge in [0.15, 0.2) is 0 Å². The Hall–Kier alpha value is -2.46. The third kappa shape index (κ3) is 3.40. The fourth-order valence-corrected chi connectivity index (χ4v) is 3.03. The molecule has 0 bridgehead atoms. The third-order valence-corrected chi connectivity index (χ3v) is 4.21. The van der Waals surface area contributed by atoms with E-state index in [1.807, 2.05) is 36.4 Å². The van der Waals surface area contributed by atoms with Crippen LogP contribution in [0.25, 0.3) is 22.4 Å². The van der Waals surface area contributed by atoms with Crippen molar-refractivity contribution in [3.63, 3.8) is 0 Å². The molecule has 0 saturated heterocycles. The number of hydrogen-bond donors (Lipinski definition) is 1. The van der Waals surface area contributed by atoms with E-state index in [1.54, 1.807) is 11.3 Å². The monoisotopic (exact) mass is 308 g/mol. The first-order valence-corrected chi connectivity index (χ1v) is 7.85. The van der Waals surface area contributed by atoms with Crippen molar-refractivity contribution in [3.05, 3.63) is 58.6 Å². The van der Waals surface area contributed by atoms with Gasteiger partial charge in [-0.05, 0) is 48.4 Å². The average molecular weight is 308 g/mol. The van der Waals surface area contributed by atoms with Crippen LogP contribution in [-0.2, 0) is 4.79 Å². The minimum absolute atomic E-state index is 0.0620. The molecular weight excluding hydrogens is 292 g/mol. The molecule has 3 nitrogen and oxygen atoms in total. The third-order valence-electron chi connectivity index (χ3n) is 3.21. The summed E-state index contributed by atoms with van der Waals surface area (Å²) in [5, 5.41) is 3.75. The van der Waals surface area contributed by atoms with E-state index in [-0.39, 0.29) is 5.91 Å². The molecule has 1 N–H and O–H groups in total. The lowest BCUT2D eigenvalue weighted by molar-refractivity contribution is -0.114. The van der Waals surface area contributed by atoms with Gasteiger partial charge in [-0.2, -0.15) is 0 Å². The number of anilines is 1. The molecule has 2 aromatic carbocycles. The molecule has 1 heterocycles. The predicted molar refractivity (Wildman–Crippen MR) is 94.0 cm³/mol. The molecule has 1 aromatic heterocycles. The standard InChI is InChI=1S/C18H16N2OS/c1-12-3-9-17-16(11-12)20-18(22-17)10-6-14-4-7-15(8-5-14)19-13(2)21/h3-11H,1-2H3,(H,19,21)/b10-6-. The number of nitrogens with one attached hydrogen (secondary N) is 1. The molecule has 0 aliphatic heterocycles. The Labute approximate surface area is 133 Å². The van der Waals surface area contributed by atoms with Gasteiger partial charge in [0.25, 0.3) is 0 Å². The van der Waals surface area contributed by atoms with E-state index in [1.165, 1.54) is 17.2 Å². The van der Waals surface area contributed by atoms with Crippen LogP contribution in [0.15, 0.2) is 42.5 Å². The van der Waals surface area contributed by atoms with Crippen LogP contribution in [0.3, 0.4) is 0 Å². The van der Waals surface area contributed by atoms with Gasteiger partial charge in [0.05, 0.1) is 10.2 Å². The number of fused-ring (bicyclic) bond motifs is 1. The number of aryl methyl sites for hydroxylation is 1. The molecule has 22 heavy (non-hydrogen) atoms. The lowest BCUT2D eigenvalue weighted by Crippen LogP contribution is -2.05. The van der Waals surface area contributed by atoms with Gasteiger partial charge >= 0.3 is 0 Å². The molecule has 3 aromatic rings. The van der Waals surface area contributed by atoms with Crippen LogP contribution in [0.1, 0.15) is 23.1 Å². The van der Waals surface area contributed by atoms with Crippen molar-refractivity contribution in [2.75, 3.05) is 5.32 Å². The van der Waals surface area contributed by atoms with Crippen LogP contribution >= 0.6 is 11.3 Å². The summed E-state index contributed by atoms with van der Waals surface area (Å²) < 4.78 is 1.20. The molecule has 0 atom stereocenters. The Morgan fingerprint density at radius 1 is 1.14 bits per heavy atom. The van der Waals surface area contributed by atoms with E-state index in [4.69, 9.17) is 0 Å². The van der Waals surface area contributed by atoms with Crippen LogP contribution < -0.4 is 5.32 Å². The van der Waals surface area contributed by atoms with Crippen molar-refractivity contribution in [3.8, 4) is 0 Å². The number of benzene rings is 2. The maximum Gasteiger partial charge on any atom is 0.221 e. The Balaban J connectivity index is 1.78. The number of nitrogens with zero attached hydrogens (tertiary/aromatic N) is 1. The second-order valence-corrected chi connectivity index (χ2v) is 6.22. The summed E-state index contributed by atoms with van der Waals surface area (Å²) >= 11 is 1.68. The highest BCUT2D eigenvalue weighted by molar-refractivity contribution is 7.19. The summed E-state index contributed by atoms with van der Waals surface area (Å²) in [5.41, 5.74) is 4.15. The zero-order valence-electron chi connectivity index (χ0n) is 12.5. The van der Waals surface area contributed by atoms with Gasteiger partial charge in [-0.25, -0.2) is 4.98 Å². The fourth-order valence-electron chi connectivity index (χ4n) is 2.17. The topological polar surface area (TPSA) is 42.0 Å². The number of rotatable bonds is 3. The average Bonchev–Trinajstić information content (AvgIpc) is 2.88. The van der Waals surface area contributed by atoms with Crippen LogP contribution in [0.5, 0.6) is 0 Å². The summed E-state index contributed by atoms with van der Waals surface area (Å²) in [5.74, 6) is -0.0620. The number of hydrogen-bond acceptors (Lipinski definition) is 3. The molecule has 0 saturated carbocycles. The summed E-state index contributed by atoms with van der Waals surface area (Å²) in [6.07, 6.45) is 4.05. The maximum absolute atomic E-state index is 11.0. The lowest BCUT2D eigenvalue weighted by Gasteiger charge is -2.01. The SMILES string of the molecule is CC(=O)Nc1ccc(/C=C\c2nc3cc(C)ccc3s2)cc1. The number of carbonyl (C=O) groups is 1. The Morgan fingerprint density at radius 3 is 2.64 bits per heavy atom. The molecule has 0 fully saturated rings. The normalized spacial score (nSPS) is 11.2. The highest BCUT2D eigenvalue weighted by atomic mass is 32.1. The first kappa shape index (κ1) is 14.5. The molecule has 0 unspecified atom stereocenters. The largest absolute Gasteiger partial charge is 0.326 e. The predicted octanol–water partition coefficient (Wildman–Crippen LogP) is 4.73. The molecular formula is C18H16N2OS. The van der Waals surface area contributed by atoms with Crippen LogP contribution in [0, 0.1) is 6.92 Å². The lowest BCUT2D eigenvalue weighted by atomic mass is 10.2. The van der Waals surface area contributed by atoms with E-state index in [0.29, 0.717) is 0 Å². The minimum atomic E-state index is -0.0620. The van der Waals surface area contributed by atoms with Gasteiger partial charge in [-0.15, -0.1) is 11.3 Å². The van der Waals surface area contributed by atoms with Crippen molar-refractivity contribution < 1.29 is 4.79 Å². The van der Waals surface area contributed by atoms with Gasteiger partial charge < -0.3 is 5.32 Å². The smallest absolute Gasteiger partial charge is 0.221 e. The van der Waals surface area contributed by atoms with E-state index in [0.717, 1.165) is 21.8 Å². The van der Waals surface area contributed by atoms with Crippen molar-refractivity contribution in [1.82, 2.24) is 4.98 Å². The Bertz CT molecular complexity index is 847. The first-order valence-electron chi connectivity index (χ1n) is 7.03. The quantitative estimate of drug-likeness (QED) is 0.759. The van der Waals surface area contributed by atoms with Crippen molar-refractivity contribution in [2.45, 2.75) is 13.8 Å². The number of carbonyl (C=O) groups excluding carboxylic acids is 1. The zero-order chi connectivity index (χ0) is 15.5. The van der Waals surface area contributed by atoms with Gasteiger partial charge in [0.2, 0.25) is 5.91 Å². The number of amides is 1.